The van der Waals surface area contributed by atoms with Gasteiger partial charge in [-0.05, 0) is 36.1 Å². The Morgan fingerprint density at radius 1 is 1.32 bits per heavy atom. The number of carbonyl (C=O) groups is 1. The van der Waals surface area contributed by atoms with Gasteiger partial charge < -0.3 is 14.8 Å². The van der Waals surface area contributed by atoms with Crippen LogP contribution in [-0.2, 0) is 16.0 Å². The molecular weight excluding hydrogens is 322 g/mol. The number of thiophene rings is 1. The van der Waals surface area contributed by atoms with Crippen molar-refractivity contribution in [2.45, 2.75) is 12.8 Å². The molecule has 0 aliphatic carbocycles. The van der Waals surface area contributed by atoms with Crippen molar-refractivity contribution in [3.05, 3.63) is 45.6 Å². The van der Waals surface area contributed by atoms with Gasteiger partial charge in [0.1, 0.15) is 12.4 Å². The van der Waals surface area contributed by atoms with Crippen LogP contribution in [0, 0.1) is 0 Å². The Morgan fingerprint density at radius 3 is 2.91 bits per heavy atom. The monoisotopic (exact) mass is 339 g/mol. The van der Waals surface area contributed by atoms with Gasteiger partial charge in [0.2, 0.25) is 5.91 Å². The van der Waals surface area contributed by atoms with E-state index in [-0.39, 0.29) is 5.91 Å². The summed E-state index contributed by atoms with van der Waals surface area (Å²) < 4.78 is 10.5. The minimum atomic E-state index is -0.0627. The van der Waals surface area contributed by atoms with E-state index in [2.05, 4.69) is 5.32 Å². The Labute approximate surface area is 139 Å². The first kappa shape index (κ1) is 16.8. The lowest BCUT2D eigenvalue weighted by Gasteiger charge is -2.12. The summed E-state index contributed by atoms with van der Waals surface area (Å²) in [7, 11) is 1.61. The molecule has 0 spiro atoms. The third-order valence-corrected chi connectivity index (χ3v) is 4.11. The van der Waals surface area contributed by atoms with Gasteiger partial charge in [-0.3, -0.25) is 4.79 Å². The van der Waals surface area contributed by atoms with Crippen molar-refractivity contribution in [2.24, 2.45) is 0 Å². The number of benzene rings is 1. The Balaban J connectivity index is 1.94. The highest BCUT2D eigenvalue weighted by atomic mass is 35.5. The molecular formula is C16H18ClNO3S. The zero-order valence-corrected chi connectivity index (χ0v) is 13.9. The first-order valence-electron chi connectivity index (χ1n) is 6.92. The Bertz CT molecular complexity index is 601. The number of anilines is 1. The number of nitrogens with one attached hydrogen (secondary N) is 1. The first-order valence-corrected chi connectivity index (χ1v) is 8.18. The Morgan fingerprint density at radius 2 is 2.18 bits per heavy atom. The normalized spacial score (nSPS) is 10.5. The minimum Gasteiger partial charge on any atom is -0.489 e. The van der Waals surface area contributed by atoms with Gasteiger partial charge >= 0.3 is 0 Å². The van der Waals surface area contributed by atoms with Crippen LogP contribution < -0.4 is 10.1 Å². The fraction of sp³-hybridized carbons (Fsp3) is 0.312. The number of carbonyl (C=O) groups excluding carboxylic acids is 1. The summed E-state index contributed by atoms with van der Waals surface area (Å²) in [5.41, 5.74) is 0.583. The third-order valence-electron chi connectivity index (χ3n) is 2.94. The van der Waals surface area contributed by atoms with Crippen LogP contribution in [0.4, 0.5) is 5.69 Å². The number of halogens is 1. The van der Waals surface area contributed by atoms with E-state index in [9.17, 15) is 4.79 Å². The first-order chi connectivity index (χ1) is 10.7. The second kappa shape index (κ2) is 8.78. The van der Waals surface area contributed by atoms with E-state index < -0.39 is 0 Å². The summed E-state index contributed by atoms with van der Waals surface area (Å²) in [6.45, 7) is 0.893. The molecule has 0 fully saturated rings. The van der Waals surface area contributed by atoms with Gasteiger partial charge in [-0.15, -0.1) is 11.3 Å². The molecule has 0 aliphatic rings. The Hall–Kier alpha value is -1.56. The highest BCUT2D eigenvalue weighted by molar-refractivity contribution is 7.09. The lowest BCUT2D eigenvalue weighted by atomic mass is 10.2. The van der Waals surface area contributed by atoms with Crippen molar-refractivity contribution in [2.75, 3.05) is 25.6 Å². The van der Waals surface area contributed by atoms with Crippen LogP contribution in [0.3, 0.4) is 0 Å². The van der Waals surface area contributed by atoms with Crippen LogP contribution >= 0.6 is 22.9 Å². The lowest BCUT2D eigenvalue weighted by molar-refractivity contribution is -0.116. The molecule has 6 heteroatoms. The SMILES string of the molecule is COCCOc1ccc(Cl)cc1NC(=O)CCc1cccs1. The molecule has 118 valence electrons. The van der Waals surface area contributed by atoms with Crippen molar-refractivity contribution in [1.29, 1.82) is 0 Å². The Kier molecular flexibility index (Phi) is 6.71. The quantitative estimate of drug-likeness (QED) is 0.739. The highest BCUT2D eigenvalue weighted by Crippen LogP contribution is 2.28. The highest BCUT2D eigenvalue weighted by Gasteiger charge is 2.09. The molecule has 0 radical (unpaired) electrons. The second-order valence-corrected chi connectivity index (χ2v) is 6.08. The van der Waals surface area contributed by atoms with Gasteiger partial charge in [-0.25, -0.2) is 0 Å². The molecule has 4 nitrogen and oxygen atoms in total. The predicted molar refractivity (Wildman–Crippen MR) is 90.1 cm³/mol. The van der Waals surface area contributed by atoms with Crippen LogP contribution in [0.2, 0.25) is 5.02 Å². The molecule has 1 heterocycles. The summed E-state index contributed by atoms with van der Waals surface area (Å²) in [6.07, 6.45) is 1.15. The number of aryl methyl sites for hydroxylation is 1. The summed E-state index contributed by atoms with van der Waals surface area (Å²) in [4.78, 5) is 13.3. The second-order valence-electron chi connectivity index (χ2n) is 4.61. The molecule has 0 saturated heterocycles. The molecule has 1 aromatic carbocycles. The molecule has 2 aromatic rings. The molecule has 0 aliphatic heterocycles. The van der Waals surface area contributed by atoms with Crippen LogP contribution in [0.1, 0.15) is 11.3 Å². The maximum atomic E-state index is 12.1. The maximum absolute atomic E-state index is 12.1. The van der Waals surface area contributed by atoms with Gasteiger partial charge in [0.05, 0.1) is 12.3 Å². The number of hydrogen-bond donors (Lipinski definition) is 1. The molecule has 0 saturated carbocycles. The molecule has 1 aromatic heterocycles. The largest absolute Gasteiger partial charge is 0.489 e. The number of amides is 1. The number of methoxy groups -OCH3 is 1. The van der Waals surface area contributed by atoms with Gasteiger partial charge in [0.25, 0.3) is 0 Å². The van der Waals surface area contributed by atoms with E-state index in [1.54, 1.807) is 36.6 Å². The van der Waals surface area contributed by atoms with E-state index >= 15 is 0 Å². The van der Waals surface area contributed by atoms with Crippen LogP contribution in [0.25, 0.3) is 0 Å². The van der Waals surface area contributed by atoms with Gasteiger partial charge in [-0.2, -0.15) is 0 Å². The van der Waals surface area contributed by atoms with Crippen molar-refractivity contribution in [1.82, 2.24) is 0 Å². The molecule has 1 N–H and O–H groups in total. The van der Waals surface area contributed by atoms with Crippen LogP contribution in [0.5, 0.6) is 5.75 Å². The molecule has 22 heavy (non-hydrogen) atoms. The van der Waals surface area contributed by atoms with Crippen molar-refractivity contribution in [3.63, 3.8) is 0 Å². The van der Waals surface area contributed by atoms with Gasteiger partial charge in [0.15, 0.2) is 0 Å². The molecule has 0 unspecified atom stereocenters. The van der Waals surface area contributed by atoms with E-state index in [1.165, 1.54) is 4.88 Å². The van der Waals surface area contributed by atoms with Crippen molar-refractivity contribution in [3.8, 4) is 5.75 Å². The average molecular weight is 340 g/mol. The number of rotatable bonds is 8. The fourth-order valence-electron chi connectivity index (χ4n) is 1.86. The number of ether oxygens (including phenoxy) is 2. The molecule has 0 atom stereocenters. The minimum absolute atomic E-state index is 0.0627. The lowest BCUT2D eigenvalue weighted by Crippen LogP contribution is -2.14. The maximum Gasteiger partial charge on any atom is 0.224 e. The van der Waals surface area contributed by atoms with Gasteiger partial charge in [0, 0.05) is 23.4 Å². The van der Waals surface area contributed by atoms with Crippen molar-refractivity contribution < 1.29 is 14.3 Å². The smallest absolute Gasteiger partial charge is 0.224 e. The molecule has 2 rings (SSSR count). The van der Waals surface area contributed by atoms with Crippen LogP contribution in [-0.4, -0.2) is 26.2 Å². The molecule has 0 bridgehead atoms. The van der Waals surface area contributed by atoms with E-state index in [4.69, 9.17) is 21.1 Å². The van der Waals surface area contributed by atoms with E-state index in [0.717, 1.165) is 6.42 Å². The van der Waals surface area contributed by atoms with Gasteiger partial charge in [-0.1, -0.05) is 17.7 Å². The molecule has 1 amide bonds. The topological polar surface area (TPSA) is 47.6 Å². The summed E-state index contributed by atoms with van der Waals surface area (Å²) >= 11 is 7.64. The summed E-state index contributed by atoms with van der Waals surface area (Å²) in [6, 6.07) is 9.16. The zero-order chi connectivity index (χ0) is 15.8. The van der Waals surface area contributed by atoms with Crippen molar-refractivity contribution >= 4 is 34.5 Å². The van der Waals surface area contributed by atoms with E-state index in [1.807, 2.05) is 17.5 Å². The predicted octanol–water partition coefficient (Wildman–Crippen LogP) is 4.00. The number of hydrogen-bond acceptors (Lipinski definition) is 4. The van der Waals surface area contributed by atoms with Crippen LogP contribution in [0.15, 0.2) is 35.7 Å². The standard InChI is InChI=1S/C16H18ClNO3S/c1-20-8-9-21-15-6-4-12(17)11-14(15)18-16(19)7-5-13-3-2-10-22-13/h2-4,6,10-11H,5,7-9H2,1H3,(H,18,19). The fourth-order valence-corrected chi connectivity index (χ4v) is 2.75. The zero-order valence-electron chi connectivity index (χ0n) is 12.3. The average Bonchev–Trinajstić information content (AvgIpc) is 3.01. The summed E-state index contributed by atoms with van der Waals surface area (Å²) in [5, 5.41) is 5.41. The van der Waals surface area contributed by atoms with E-state index in [0.29, 0.717) is 36.1 Å². The third kappa shape index (κ3) is 5.33. The summed E-state index contributed by atoms with van der Waals surface area (Å²) in [5.74, 6) is 0.526.